The predicted molar refractivity (Wildman–Crippen MR) is 158 cm³/mol. The van der Waals surface area contributed by atoms with Gasteiger partial charge in [0.05, 0.1) is 36.5 Å². The van der Waals surface area contributed by atoms with Crippen LogP contribution in [0.1, 0.15) is 39.4 Å². The monoisotopic (exact) mass is 630 g/mol. The number of aryl methyl sites for hydroxylation is 2. The SMILES string of the molecule is CNC(=O)c1nc2ccc1Nc1nc(ncc1C(F)(F)F)Nc1ccc(cc1OC)C[PH](=O)OCCCn1nc(C)c-2c1C. The minimum atomic E-state index is -4.81. The van der Waals surface area contributed by atoms with Gasteiger partial charge in [-0.3, -0.25) is 14.0 Å². The van der Waals surface area contributed by atoms with E-state index in [4.69, 9.17) is 9.26 Å². The summed E-state index contributed by atoms with van der Waals surface area (Å²) in [4.78, 5) is 25.4. The van der Waals surface area contributed by atoms with Crippen LogP contribution in [0.5, 0.6) is 5.75 Å². The van der Waals surface area contributed by atoms with Gasteiger partial charge in [-0.2, -0.15) is 23.3 Å². The quantitative estimate of drug-likeness (QED) is 0.239. The number of methoxy groups -OCH3 is 1. The van der Waals surface area contributed by atoms with Gasteiger partial charge in [-0.1, -0.05) is 6.07 Å². The van der Waals surface area contributed by atoms with Gasteiger partial charge in [-0.15, -0.1) is 0 Å². The molecule has 0 aliphatic carbocycles. The Labute approximate surface area is 251 Å². The molecule has 3 N–H and O–H groups in total. The van der Waals surface area contributed by atoms with E-state index in [9.17, 15) is 22.5 Å². The van der Waals surface area contributed by atoms with E-state index < -0.39 is 31.5 Å². The lowest BCUT2D eigenvalue weighted by Gasteiger charge is -2.17. The van der Waals surface area contributed by atoms with E-state index in [0.29, 0.717) is 53.1 Å². The first kappa shape index (κ1) is 31.0. The van der Waals surface area contributed by atoms with Crippen molar-refractivity contribution in [1.29, 1.82) is 0 Å². The highest BCUT2D eigenvalue weighted by Gasteiger charge is 2.36. The van der Waals surface area contributed by atoms with Crippen LogP contribution in [0, 0.1) is 13.8 Å². The Hall–Kier alpha value is -4.49. The molecule has 0 radical (unpaired) electrons. The number of anilines is 4. The minimum Gasteiger partial charge on any atom is -0.495 e. The van der Waals surface area contributed by atoms with Crippen molar-refractivity contribution in [2.45, 2.75) is 39.2 Å². The second kappa shape index (κ2) is 12.6. The van der Waals surface area contributed by atoms with Crippen molar-refractivity contribution >= 4 is 37.1 Å². The van der Waals surface area contributed by atoms with Crippen molar-refractivity contribution < 1.29 is 31.8 Å². The van der Waals surface area contributed by atoms with Crippen molar-refractivity contribution in [2.75, 3.05) is 31.4 Å². The van der Waals surface area contributed by atoms with Crippen molar-refractivity contribution in [2.24, 2.45) is 0 Å². The van der Waals surface area contributed by atoms with Crippen LogP contribution in [0.4, 0.5) is 36.3 Å². The van der Waals surface area contributed by atoms with Crippen LogP contribution in [0.25, 0.3) is 11.3 Å². The molecule has 1 aromatic carbocycles. The molecule has 4 aromatic rings. The number of halogens is 3. The first-order valence-electron chi connectivity index (χ1n) is 13.6. The van der Waals surface area contributed by atoms with Crippen LogP contribution < -0.4 is 20.7 Å². The maximum absolute atomic E-state index is 14.0. The third kappa shape index (κ3) is 6.53. The summed E-state index contributed by atoms with van der Waals surface area (Å²) in [7, 11) is 0.400. The van der Waals surface area contributed by atoms with Crippen LogP contribution in [0.3, 0.4) is 0 Å². The van der Waals surface area contributed by atoms with E-state index in [2.05, 4.69) is 36.0 Å². The molecule has 8 rings (SSSR count). The van der Waals surface area contributed by atoms with Gasteiger partial charge in [0.15, 0.2) is 13.7 Å². The third-order valence-corrected chi connectivity index (χ3v) is 8.18. The van der Waals surface area contributed by atoms with Gasteiger partial charge in [-0.25, -0.2) is 9.97 Å². The van der Waals surface area contributed by atoms with Gasteiger partial charge in [0.25, 0.3) is 5.91 Å². The zero-order valence-electron chi connectivity index (χ0n) is 24.3. The molecule has 44 heavy (non-hydrogen) atoms. The second-order valence-corrected chi connectivity index (χ2v) is 11.3. The Kier molecular flexibility index (Phi) is 8.88. The molecule has 0 saturated heterocycles. The summed E-state index contributed by atoms with van der Waals surface area (Å²) in [5.41, 5.74) is 2.28. The summed E-state index contributed by atoms with van der Waals surface area (Å²) in [6, 6.07) is 8.04. The average molecular weight is 631 g/mol. The number of pyridine rings is 1. The largest absolute Gasteiger partial charge is 0.495 e. The van der Waals surface area contributed by atoms with Crippen molar-refractivity contribution in [3.8, 4) is 17.0 Å². The molecule has 1 unspecified atom stereocenters. The van der Waals surface area contributed by atoms with Gasteiger partial charge in [0, 0.05) is 37.2 Å². The lowest BCUT2D eigenvalue weighted by Crippen LogP contribution is -2.21. The summed E-state index contributed by atoms with van der Waals surface area (Å²) in [6.07, 6.45) is -3.45. The number of ether oxygens (including phenoxy) is 1. The molecule has 0 saturated carbocycles. The number of carbonyl (C=O) groups is 1. The van der Waals surface area contributed by atoms with Crippen molar-refractivity contribution in [1.82, 2.24) is 30.0 Å². The number of carbonyl (C=O) groups excluding carboxylic acids is 1. The van der Waals surface area contributed by atoms with E-state index >= 15 is 0 Å². The lowest BCUT2D eigenvalue weighted by atomic mass is 10.1. The minimum absolute atomic E-state index is 0.00222. The first-order chi connectivity index (χ1) is 21.0. The number of aromatic nitrogens is 5. The fraction of sp³-hybridized carbons (Fsp3) is 0.321. The summed E-state index contributed by atoms with van der Waals surface area (Å²) in [6.45, 7) is 4.39. The summed E-state index contributed by atoms with van der Waals surface area (Å²) in [5.74, 6) is -1.05. The molecule has 4 aliphatic rings. The van der Waals surface area contributed by atoms with Gasteiger partial charge >= 0.3 is 6.18 Å². The van der Waals surface area contributed by atoms with Crippen LogP contribution in [-0.4, -0.2) is 51.4 Å². The van der Waals surface area contributed by atoms with E-state index in [1.165, 1.54) is 20.2 Å². The topological polar surface area (TPSA) is 145 Å². The van der Waals surface area contributed by atoms with Gasteiger partial charge < -0.3 is 25.2 Å². The van der Waals surface area contributed by atoms with Crippen LogP contribution in [0.2, 0.25) is 0 Å². The Morgan fingerprint density at radius 2 is 1.91 bits per heavy atom. The lowest BCUT2D eigenvalue weighted by molar-refractivity contribution is -0.137. The Bertz CT molecular complexity index is 1740. The normalized spacial score (nSPS) is 15.5. The molecule has 8 bridgehead atoms. The third-order valence-electron chi connectivity index (χ3n) is 6.96. The fourth-order valence-corrected chi connectivity index (χ4v) is 5.86. The maximum Gasteiger partial charge on any atom is 0.421 e. The molecule has 12 nitrogen and oxygen atoms in total. The number of benzene rings is 1. The van der Waals surface area contributed by atoms with E-state index in [1.807, 2.05) is 6.92 Å². The van der Waals surface area contributed by atoms with Crippen molar-refractivity contribution in [3.05, 3.63) is 64.7 Å². The molecule has 1 amide bonds. The van der Waals surface area contributed by atoms with Gasteiger partial charge in [0.2, 0.25) is 5.95 Å². The molecule has 16 heteroatoms. The predicted octanol–water partition coefficient (Wildman–Crippen LogP) is 5.62. The van der Waals surface area contributed by atoms with Crippen LogP contribution in [0.15, 0.2) is 36.5 Å². The van der Waals surface area contributed by atoms with Crippen LogP contribution >= 0.6 is 8.03 Å². The number of amides is 1. The Morgan fingerprint density at radius 1 is 1.14 bits per heavy atom. The van der Waals surface area contributed by atoms with E-state index in [1.54, 1.807) is 35.9 Å². The standard InChI is InChI=1S/C28H30F3N8O4P/c1-15-23-16(2)39(38-15)10-5-11-43-44(41)14-17-6-7-19(22(12-17)42-4)36-27-33-13-18(28(29,30)31)25(37-27)35-21-9-8-20(23)34-24(21)26(40)32-3/h6-9,12-13,44H,5,10-11,14H2,1-4H3,(H,32,40)(H2,33,35,36,37). The average Bonchev–Trinajstić information content (AvgIpc) is 3.27. The highest BCUT2D eigenvalue weighted by Crippen LogP contribution is 2.38. The molecular weight excluding hydrogens is 600 g/mol. The Balaban J connectivity index is 1.65. The highest BCUT2D eigenvalue weighted by molar-refractivity contribution is 7.38. The second-order valence-electron chi connectivity index (χ2n) is 9.93. The molecule has 0 fully saturated rings. The van der Waals surface area contributed by atoms with Crippen LogP contribution in [-0.2, 0) is 28.0 Å². The fourth-order valence-electron chi connectivity index (χ4n) is 4.84. The number of rotatable bonds is 2. The maximum atomic E-state index is 14.0. The zero-order chi connectivity index (χ0) is 31.6. The van der Waals surface area contributed by atoms with Gasteiger partial charge in [-0.05, 0) is 50.1 Å². The number of alkyl halides is 3. The van der Waals surface area contributed by atoms with Gasteiger partial charge in [0.1, 0.15) is 17.1 Å². The van der Waals surface area contributed by atoms with Crippen molar-refractivity contribution in [3.63, 3.8) is 0 Å². The summed E-state index contributed by atoms with van der Waals surface area (Å²) < 4.78 is 67.7. The number of hydrogen-bond donors (Lipinski definition) is 3. The first-order valence-corrected chi connectivity index (χ1v) is 15.1. The summed E-state index contributed by atoms with van der Waals surface area (Å²) >= 11 is 0. The zero-order valence-corrected chi connectivity index (χ0v) is 25.3. The molecule has 7 heterocycles. The molecule has 232 valence electrons. The highest BCUT2D eigenvalue weighted by atomic mass is 31.1. The molecule has 3 aromatic heterocycles. The van der Waals surface area contributed by atoms with E-state index in [-0.39, 0.29) is 30.1 Å². The number of hydrogen-bond acceptors (Lipinski definition) is 10. The Morgan fingerprint density at radius 3 is 2.64 bits per heavy atom. The molecule has 1 atom stereocenters. The molecular formula is C28H30F3N8O4P. The smallest absolute Gasteiger partial charge is 0.421 e. The number of nitrogens with one attached hydrogen (secondary N) is 3. The van der Waals surface area contributed by atoms with E-state index in [0.717, 1.165) is 5.69 Å². The molecule has 4 aliphatic heterocycles. The molecule has 0 spiro atoms. The number of nitrogens with zero attached hydrogens (tertiary/aromatic N) is 5. The summed E-state index contributed by atoms with van der Waals surface area (Å²) in [5, 5.41) is 12.6.